The number of carbonyl (C=O) groups is 1. The first-order valence-electron chi connectivity index (χ1n) is 10.1. The quantitative estimate of drug-likeness (QED) is 0.136. The number of nitrogens with zero attached hydrogens (tertiary/aromatic N) is 4. The molecule has 0 saturated heterocycles. The molecule has 2 rings (SSSR count). The van der Waals surface area contributed by atoms with Gasteiger partial charge in [-0.15, -0.1) is 0 Å². The zero-order valence-corrected chi connectivity index (χ0v) is 20.2. The van der Waals surface area contributed by atoms with E-state index in [2.05, 4.69) is 23.4 Å². The van der Waals surface area contributed by atoms with E-state index in [9.17, 15) is 26.7 Å². The summed E-state index contributed by atoms with van der Waals surface area (Å²) in [6.45, 7) is 6.59. The number of aromatic nitrogens is 2. The van der Waals surface area contributed by atoms with Gasteiger partial charge in [0.05, 0.1) is 24.6 Å². The Balaban J connectivity index is 2.87. The Hall–Kier alpha value is -3.51. The Morgan fingerprint density at radius 1 is 1.39 bits per heavy atom. The summed E-state index contributed by atoms with van der Waals surface area (Å²) in [6, 6.07) is 0. The van der Waals surface area contributed by atoms with Crippen LogP contribution in [-0.4, -0.2) is 53.9 Å². The lowest BCUT2D eigenvalue weighted by molar-refractivity contribution is -0.163. The Labute approximate surface area is 208 Å². The Bertz CT molecular complexity index is 1190. The van der Waals surface area contributed by atoms with E-state index in [0.717, 1.165) is 32.6 Å². The topological polar surface area (TPSA) is 69.0 Å². The molecule has 194 valence electrons. The number of amides is 1. The molecule has 0 bridgehead atoms. The summed E-state index contributed by atoms with van der Waals surface area (Å²) in [5.74, 6) is -1.95. The van der Waals surface area contributed by atoms with E-state index in [1.807, 2.05) is 0 Å². The lowest BCUT2D eigenvalue weighted by atomic mass is 9.92. The smallest absolute Gasteiger partial charge is 0.399 e. The monoisotopic (exact) mass is 532 g/mol. The summed E-state index contributed by atoms with van der Waals surface area (Å²) in [7, 11) is 3.43. The van der Waals surface area contributed by atoms with Crippen LogP contribution in [0.1, 0.15) is 17.7 Å². The van der Waals surface area contributed by atoms with Gasteiger partial charge in [-0.25, -0.2) is 18.5 Å². The molecule has 1 aliphatic carbocycles. The van der Waals surface area contributed by atoms with E-state index < -0.39 is 52.3 Å². The summed E-state index contributed by atoms with van der Waals surface area (Å²) in [5.41, 5.74) is -3.76. The summed E-state index contributed by atoms with van der Waals surface area (Å²) in [4.78, 5) is 22.8. The van der Waals surface area contributed by atoms with Gasteiger partial charge in [-0.3, -0.25) is 9.63 Å². The number of oxime groups is 1. The number of carbonyl (C=O) groups excluding carboxylic acids is 1. The van der Waals surface area contributed by atoms with E-state index in [-0.39, 0.29) is 17.0 Å². The van der Waals surface area contributed by atoms with Crippen LogP contribution >= 0.6 is 11.6 Å². The number of halogens is 6. The standard InChI is InChI=1S/C23H22ClF5N4O3/c1-6-15(25)10-13(2)33-21(23(27,28)29)14(12-30-33)11-16(22(34)32(3)36-5)20(31-35-4)19-17(24)8-7-9-18(19)26/h6-8,10-12,18H,1-2,9H2,3-5H3/b15-10+,16-11-,31-20+. The largest absolute Gasteiger partial charge is 0.434 e. The first kappa shape index (κ1) is 28.7. The molecule has 7 nitrogen and oxygen atoms in total. The molecule has 1 aliphatic rings. The molecule has 0 radical (unpaired) electrons. The maximum absolute atomic E-state index is 14.9. The second-order valence-corrected chi connectivity index (χ2v) is 7.52. The van der Waals surface area contributed by atoms with Crippen LogP contribution in [-0.2, 0) is 20.6 Å². The van der Waals surface area contributed by atoms with Crippen LogP contribution in [0.4, 0.5) is 22.0 Å². The van der Waals surface area contributed by atoms with E-state index in [1.54, 1.807) is 0 Å². The molecule has 1 heterocycles. The van der Waals surface area contributed by atoms with Gasteiger partial charge in [-0.1, -0.05) is 36.0 Å². The highest BCUT2D eigenvalue weighted by Gasteiger charge is 2.39. The Morgan fingerprint density at radius 3 is 2.58 bits per heavy atom. The third kappa shape index (κ3) is 6.38. The lowest BCUT2D eigenvalue weighted by Gasteiger charge is -2.22. The number of hydrogen-bond donors (Lipinski definition) is 0. The molecular formula is C23H22ClF5N4O3. The van der Waals surface area contributed by atoms with Crippen molar-refractivity contribution in [2.45, 2.75) is 18.8 Å². The van der Waals surface area contributed by atoms with Gasteiger partial charge in [0.15, 0.2) is 5.69 Å². The summed E-state index contributed by atoms with van der Waals surface area (Å²) in [6.07, 6.45) is -1.05. The van der Waals surface area contributed by atoms with Crippen LogP contribution in [0.2, 0.25) is 0 Å². The fourth-order valence-corrected chi connectivity index (χ4v) is 3.43. The molecular weight excluding hydrogens is 511 g/mol. The van der Waals surface area contributed by atoms with Crippen molar-refractivity contribution >= 4 is 35.0 Å². The zero-order valence-electron chi connectivity index (χ0n) is 19.4. The molecule has 36 heavy (non-hydrogen) atoms. The van der Waals surface area contributed by atoms with Gasteiger partial charge in [-0.2, -0.15) is 18.3 Å². The van der Waals surface area contributed by atoms with E-state index in [4.69, 9.17) is 21.3 Å². The van der Waals surface area contributed by atoms with Gasteiger partial charge < -0.3 is 4.84 Å². The van der Waals surface area contributed by atoms with Crippen molar-refractivity contribution < 1.29 is 36.4 Å². The minimum Gasteiger partial charge on any atom is -0.399 e. The Morgan fingerprint density at radius 2 is 2.06 bits per heavy atom. The van der Waals surface area contributed by atoms with Crippen molar-refractivity contribution in [3.63, 3.8) is 0 Å². The fraction of sp³-hybridized carbons (Fsp3) is 0.261. The Kier molecular flexibility index (Phi) is 9.54. The molecule has 0 aromatic carbocycles. The van der Waals surface area contributed by atoms with E-state index >= 15 is 0 Å². The van der Waals surface area contributed by atoms with Crippen LogP contribution in [0, 0.1) is 0 Å². The zero-order chi connectivity index (χ0) is 27.2. The average molecular weight is 533 g/mol. The first-order valence-corrected chi connectivity index (χ1v) is 10.4. The summed E-state index contributed by atoms with van der Waals surface area (Å²) in [5, 5.41) is 7.91. The predicted molar refractivity (Wildman–Crippen MR) is 126 cm³/mol. The van der Waals surface area contributed by atoms with Gasteiger partial charge in [0.25, 0.3) is 5.91 Å². The maximum atomic E-state index is 14.9. The molecule has 1 aromatic rings. The minimum atomic E-state index is -5.03. The van der Waals surface area contributed by atoms with Crippen LogP contribution in [0.5, 0.6) is 0 Å². The highest BCUT2D eigenvalue weighted by molar-refractivity contribution is 6.38. The van der Waals surface area contributed by atoms with Gasteiger partial charge in [0.2, 0.25) is 0 Å². The highest BCUT2D eigenvalue weighted by Crippen LogP contribution is 2.36. The molecule has 1 aromatic heterocycles. The van der Waals surface area contributed by atoms with Crippen molar-refractivity contribution in [2.24, 2.45) is 5.16 Å². The maximum Gasteiger partial charge on any atom is 0.434 e. The second kappa shape index (κ2) is 12.0. The van der Waals surface area contributed by atoms with Gasteiger partial charge in [0, 0.05) is 29.6 Å². The second-order valence-electron chi connectivity index (χ2n) is 7.12. The van der Waals surface area contributed by atoms with Crippen LogP contribution in [0.25, 0.3) is 11.8 Å². The van der Waals surface area contributed by atoms with Crippen molar-refractivity contribution in [3.05, 3.63) is 76.9 Å². The van der Waals surface area contributed by atoms with Crippen LogP contribution in [0.3, 0.4) is 0 Å². The van der Waals surface area contributed by atoms with E-state index in [1.165, 1.54) is 19.2 Å². The normalized spacial score (nSPS) is 17.4. The molecule has 1 atom stereocenters. The number of hydrogen-bond acceptors (Lipinski definition) is 5. The van der Waals surface area contributed by atoms with Gasteiger partial charge in [-0.05, 0) is 24.3 Å². The van der Waals surface area contributed by atoms with E-state index in [0.29, 0.717) is 15.8 Å². The number of allylic oxidation sites excluding steroid dienone is 8. The number of hydroxylamine groups is 2. The van der Waals surface area contributed by atoms with Crippen molar-refractivity contribution in [3.8, 4) is 0 Å². The number of rotatable bonds is 9. The molecule has 1 amide bonds. The predicted octanol–water partition coefficient (Wildman–Crippen LogP) is 5.61. The van der Waals surface area contributed by atoms with Gasteiger partial charge >= 0.3 is 6.18 Å². The fourth-order valence-electron chi connectivity index (χ4n) is 3.13. The minimum absolute atomic E-state index is 0.122. The number of likely N-dealkylation sites (N-methyl/N-ethyl adjacent to an activating group) is 1. The molecule has 0 N–H and O–H groups in total. The van der Waals surface area contributed by atoms with Crippen LogP contribution < -0.4 is 0 Å². The average Bonchev–Trinajstić information content (AvgIpc) is 3.25. The molecule has 0 aliphatic heterocycles. The lowest BCUT2D eigenvalue weighted by Crippen LogP contribution is -2.32. The van der Waals surface area contributed by atoms with Crippen molar-refractivity contribution in [1.29, 1.82) is 0 Å². The summed E-state index contributed by atoms with van der Waals surface area (Å²) >= 11 is 6.16. The van der Waals surface area contributed by atoms with Gasteiger partial charge in [0.1, 0.15) is 24.8 Å². The molecule has 13 heteroatoms. The highest BCUT2D eigenvalue weighted by atomic mass is 35.5. The molecule has 0 spiro atoms. The molecule has 0 saturated carbocycles. The number of alkyl halides is 4. The first-order chi connectivity index (χ1) is 16.9. The molecule has 1 unspecified atom stereocenters. The summed E-state index contributed by atoms with van der Waals surface area (Å²) < 4.78 is 71.1. The van der Waals surface area contributed by atoms with Crippen molar-refractivity contribution in [1.82, 2.24) is 14.8 Å². The third-order valence-corrected chi connectivity index (χ3v) is 5.13. The SMILES string of the molecule is C=C/C(F)=C\C(=C)n1ncc(/C=C(C(=O)N(C)OC)/C(=N\OC)C2=C(Cl)C=CCC2F)c1C(F)(F)F. The molecule has 0 fully saturated rings. The third-order valence-electron chi connectivity index (χ3n) is 4.80. The van der Waals surface area contributed by atoms with Crippen molar-refractivity contribution in [2.75, 3.05) is 21.3 Å². The van der Waals surface area contributed by atoms with Crippen LogP contribution in [0.15, 0.2) is 70.8 Å².